The summed E-state index contributed by atoms with van der Waals surface area (Å²) < 4.78 is 5.81. The van der Waals surface area contributed by atoms with E-state index in [1.807, 2.05) is 48.5 Å². The van der Waals surface area contributed by atoms with Gasteiger partial charge in [-0.15, -0.1) is 0 Å². The van der Waals surface area contributed by atoms with E-state index in [0.29, 0.717) is 18.5 Å². The Morgan fingerprint density at radius 3 is 2.78 bits per heavy atom. The third-order valence-electron chi connectivity index (χ3n) is 3.25. The van der Waals surface area contributed by atoms with Gasteiger partial charge in [0.1, 0.15) is 5.75 Å². The lowest BCUT2D eigenvalue weighted by Gasteiger charge is -2.10. The fourth-order valence-corrected chi connectivity index (χ4v) is 2.14. The highest BCUT2D eigenvalue weighted by Crippen LogP contribution is 2.17. The highest BCUT2D eigenvalue weighted by atomic mass is 16.5. The molecule has 0 aliphatic heterocycles. The molecule has 0 saturated carbocycles. The Labute approximate surface area is 135 Å². The maximum absolute atomic E-state index is 5.81. The van der Waals surface area contributed by atoms with Gasteiger partial charge in [0, 0.05) is 5.56 Å². The van der Waals surface area contributed by atoms with Gasteiger partial charge in [-0.3, -0.25) is 0 Å². The quantitative estimate of drug-likeness (QED) is 0.533. The first-order valence-electron chi connectivity index (χ1n) is 7.68. The van der Waals surface area contributed by atoms with E-state index in [4.69, 9.17) is 4.74 Å². The molecule has 3 aromatic rings. The van der Waals surface area contributed by atoms with Crippen LogP contribution in [0, 0.1) is 5.92 Å². The van der Waals surface area contributed by atoms with Crippen LogP contribution in [0.1, 0.15) is 19.4 Å². The summed E-state index contributed by atoms with van der Waals surface area (Å²) in [5.74, 6) is 1.92. The molecule has 0 unspecified atom stereocenters. The lowest BCUT2D eigenvalue weighted by atomic mass is 10.2. The van der Waals surface area contributed by atoms with Crippen LogP contribution in [0.4, 0.5) is 5.95 Å². The molecular formula is C18H20N4O. The smallest absolute Gasteiger partial charge is 0.222 e. The van der Waals surface area contributed by atoms with Crippen LogP contribution < -0.4 is 10.2 Å². The van der Waals surface area contributed by atoms with Crippen LogP contribution in [0.25, 0.3) is 11.0 Å². The SMILES string of the molecule is CC(C)COc1ccccc1/C=N\Nc1nc2ccccc2[nH]1. The Bertz CT molecular complexity index is 774. The molecular weight excluding hydrogens is 288 g/mol. The Morgan fingerprint density at radius 1 is 1.17 bits per heavy atom. The number of ether oxygens (including phenoxy) is 1. The first kappa shape index (κ1) is 15.1. The minimum atomic E-state index is 0.480. The van der Waals surface area contributed by atoms with Crippen molar-refractivity contribution < 1.29 is 4.74 Å². The monoisotopic (exact) mass is 308 g/mol. The fraction of sp³-hybridized carbons (Fsp3) is 0.222. The second kappa shape index (κ2) is 6.96. The number of aromatic amines is 1. The molecule has 0 bridgehead atoms. The molecule has 3 rings (SSSR count). The maximum atomic E-state index is 5.81. The van der Waals surface area contributed by atoms with Gasteiger partial charge in [-0.2, -0.15) is 5.10 Å². The molecule has 0 saturated heterocycles. The molecule has 5 heteroatoms. The maximum Gasteiger partial charge on any atom is 0.222 e. The molecule has 0 amide bonds. The number of fused-ring (bicyclic) bond motifs is 1. The predicted molar refractivity (Wildman–Crippen MR) is 94.1 cm³/mol. The summed E-state index contributed by atoms with van der Waals surface area (Å²) in [6, 6.07) is 15.7. The summed E-state index contributed by atoms with van der Waals surface area (Å²) in [6.07, 6.45) is 1.74. The van der Waals surface area contributed by atoms with Crippen molar-refractivity contribution in [1.29, 1.82) is 0 Å². The molecule has 0 aliphatic carbocycles. The number of anilines is 1. The van der Waals surface area contributed by atoms with E-state index in [1.165, 1.54) is 0 Å². The molecule has 5 nitrogen and oxygen atoms in total. The second-order valence-electron chi connectivity index (χ2n) is 5.72. The molecule has 1 heterocycles. The molecule has 0 spiro atoms. The van der Waals surface area contributed by atoms with Crippen LogP contribution in [0.15, 0.2) is 53.6 Å². The minimum Gasteiger partial charge on any atom is -0.493 e. The number of imidazole rings is 1. The second-order valence-corrected chi connectivity index (χ2v) is 5.72. The molecule has 2 N–H and O–H groups in total. The first-order valence-corrected chi connectivity index (χ1v) is 7.68. The van der Waals surface area contributed by atoms with Gasteiger partial charge in [-0.25, -0.2) is 10.4 Å². The predicted octanol–water partition coefficient (Wildman–Crippen LogP) is 4.04. The fourth-order valence-electron chi connectivity index (χ4n) is 2.14. The molecule has 0 fully saturated rings. The van der Waals surface area contributed by atoms with Crippen LogP contribution in [-0.4, -0.2) is 22.8 Å². The number of nitrogens with zero attached hydrogens (tertiary/aromatic N) is 2. The summed E-state index contributed by atoms with van der Waals surface area (Å²) in [6.45, 7) is 4.93. The van der Waals surface area contributed by atoms with Gasteiger partial charge in [0.05, 0.1) is 23.9 Å². The average molecular weight is 308 g/mol. The van der Waals surface area contributed by atoms with Gasteiger partial charge < -0.3 is 9.72 Å². The summed E-state index contributed by atoms with van der Waals surface area (Å²) in [5.41, 5.74) is 5.74. The van der Waals surface area contributed by atoms with Gasteiger partial charge >= 0.3 is 0 Å². The topological polar surface area (TPSA) is 62.3 Å². The summed E-state index contributed by atoms with van der Waals surface area (Å²) in [4.78, 5) is 7.58. The van der Waals surface area contributed by atoms with E-state index in [-0.39, 0.29) is 0 Å². The number of hydrogen-bond donors (Lipinski definition) is 2. The summed E-state index contributed by atoms with van der Waals surface area (Å²) >= 11 is 0. The van der Waals surface area contributed by atoms with Crippen LogP contribution >= 0.6 is 0 Å². The minimum absolute atomic E-state index is 0.480. The molecule has 23 heavy (non-hydrogen) atoms. The largest absolute Gasteiger partial charge is 0.493 e. The Morgan fingerprint density at radius 2 is 1.96 bits per heavy atom. The number of para-hydroxylation sites is 3. The highest BCUT2D eigenvalue weighted by Gasteiger charge is 2.03. The number of hydrogen-bond acceptors (Lipinski definition) is 4. The van der Waals surface area contributed by atoms with Crippen molar-refractivity contribution in [2.24, 2.45) is 11.0 Å². The highest BCUT2D eigenvalue weighted by molar-refractivity contribution is 5.84. The van der Waals surface area contributed by atoms with Crippen molar-refractivity contribution in [3.05, 3.63) is 54.1 Å². The van der Waals surface area contributed by atoms with Crippen LogP contribution in [-0.2, 0) is 0 Å². The Kier molecular flexibility index (Phi) is 4.57. The molecule has 0 radical (unpaired) electrons. The lowest BCUT2D eigenvalue weighted by Crippen LogP contribution is -2.06. The van der Waals surface area contributed by atoms with Crippen molar-refractivity contribution >= 4 is 23.2 Å². The third kappa shape index (κ3) is 3.88. The molecule has 2 aromatic carbocycles. The first-order chi connectivity index (χ1) is 11.2. The number of H-pyrrole nitrogens is 1. The zero-order valence-corrected chi connectivity index (χ0v) is 13.3. The van der Waals surface area contributed by atoms with E-state index < -0.39 is 0 Å². The van der Waals surface area contributed by atoms with Crippen molar-refractivity contribution in [3.8, 4) is 5.75 Å². The van der Waals surface area contributed by atoms with Crippen molar-refractivity contribution in [3.63, 3.8) is 0 Å². The molecule has 0 atom stereocenters. The Balaban J connectivity index is 1.70. The standard InChI is InChI=1S/C18H20N4O/c1-13(2)12-23-17-10-6-3-7-14(17)11-19-22-18-20-15-8-4-5-9-16(15)21-18/h3-11,13H,12H2,1-2H3,(H2,20,21,22)/b19-11-. The van der Waals surface area contributed by atoms with Gasteiger partial charge in [-0.05, 0) is 30.2 Å². The van der Waals surface area contributed by atoms with Gasteiger partial charge in [0.25, 0.3) is 0 Å². The lowest BCUT2D eigenvalue weighted by molar-refractivity contribution is 0.271. The molecule has 1 aromatic heterocycles. The number of hydrazone groups is 1. The van der Waals surface area contributed by atoms with E-state index >= 15 is 0 Å². The van der Waals surface area contributed by atoms with E-state index in [9.17, 15) is 0 Å². The van der Waals surface area contributed by atoms with Crippen molar-refractivity contribution in [1.82, 2.24) is 9.97 Å². The summed E-state index contributed by atoms with van der Waals surface area (Å²) in [7, 11) is 0. The number of nitrogens with one attached hydrogen (secondary N) is 2. The summed E-state index contributed by atoms with van der Waals surface area (Å²) in [5, 5.41) is 4.25. The van der Waals surface area contributed by atoms with Gasteiger partial charge in [0.15, 0.2) is 0 Å². The van der Waals surface area contributed by atoms with Crippen LogP contribution in [0.3, 0.4) is 0 Å². The van der Waals surface area contributed by atoms with E-state index in [0.717, 1.165) is 22.3 Å². The van der Waals surface area contributed by atoms with E-state index in [1.54, 1.807) is 6.21 Å². The zero-order chi connectivity index (χ0) is 16.1. The molecule has 118 valence electrons. The third-order valence-corrected chi connectivity index (χ3v) is 3.25. The zero-order valence-electron chi connectivity index (χ0n) is 13.3. The van der Waals surface area contributed by atoms with Gasteiger partial charge in [0.2, 0.25) is 5.95 Å². The average Bonchev–Trinajstić information content (AvgIpc) is 2.96. The number of aromatic nitrogens is 2. The number of rotatable bonds is 6. The normalized spacial score (nSPS) is 11.4. The Hall–Kier alpha value is -2.82. The van der Waals surface area contributed by atoms with Crippen molar-refractivity contribution in [2.75, 3.05) is 12.0 Å². The van der Waals surface area contributed by atoms with Crippen LogP contribution in [0.5, 0.6) is 5.75 Å². The van der Waals surface area contributed by atoms with E-state index in [2.05, 4.69) is 34.3 Å². The molecule has 0 aliphatic rings. The van der Waals surface area contributed by atoms with Gasteiger partial charge in [-0.1, -0.05) is 38.1 Å². The number of benzene rings is 2. The van der Waals surface area contributed by atoms with Crippen molar-refractivity contribution in [2.45, 2.75) is 13.8 Å². The van der Waals surface area contributed by atoms with Crippen LogP contribution in [0.2, 0.25) is 0 Å².